The molecule has 25 heavy (non-hydrogen) atoms. The molecule has 0 fully saturated rings. The van der Waals surface area contributed by atoms with Crippen LogP contribution < -0.4 is 14.8 Å². The Morgan fingerprint density at radius 2 is 2.04 bits per heavy atom. The van der Waals surface area contributed by atoms with Crippen molar-refractivity contribution in [2.45, 2.75) is 26.4 Å². The zero-order chi connectivity index (χ0) is 17.8. The first-order valence-electron chi connectivity index (χ1n) is 8.09. The molecular weight excluding hydrogens is 324 g/mol. The molecule has 2 heterocycles. The Morgan fingerprint density at radius 3 is 2.76 bits per heavy atom. The van der Waals surface area contributed by atoms with Gasteiger partial charge >= 0.3 is 0 Å². The highest BCUT2D eigenvalue weighted by Crippen LogP contribution is 2.32. The number of likely N-dealkylation sites (N-methyl/N-ethyl adjacent to an activating group) is 1. The van der Waals surface area contributed by atoms with Gasteiger partial charge in [0.15, 0.2) is 11.5 Å². The Bertz CT molecular complexity index is 757. The van der Waals surface area contributed by atoms with Crippen molar-refractivity contribution in [3.05, 3.63) is 47.9 Å². The number of nitrogens with one attached hydrogen (secondary N) is 1. The van der Waals surface area contributed by atoms with Crippen LogP contribution in [0.1, 0.15) is 29.8 Å². The molecular formula is C18H20N2O5. The fourth-order valence-corrected chi connectivity index (χ4v) is 2.61. The summed E-state index contributed by atoms with van der Waals surface area (Å²) in [5, 5.41) is 2.69. The molecule has 0 unspecified atom stereocenters. The standard InChI is InChI=1S/C18H20N2O5/c1-3-20(9-13-4-5-15-16(8-13)25-11-24-15)18(22)12(2)19-17(21)14-6-7-23-10-14/h4-8,10,12H,3,9,11H2,1-2H3,(H,19,21)/t12-/m1/s1. The topological polar surface area (TPSA) is 81.0 Å². The lowest BCUT2D eigenvalue weighted by molar-refractivity contribution is -0.133. The molecule has 0 aliphatic carbocycles. The fraction of sp³-hybridized carbons (Fsp3) is 0.333. The Balaban J connectivity index is 1.63. The van der Waals surface area contributed by atoms with Crippen LogP contribution in [0.25, 0.3) is 0 Å². The highest BCUT2D eigenvalue weighted by Gasteiger charge is 2.23. The quantitative estimate of drug-likeness (QED) is 0.869. The Hall–Kier alpha value is -2.96. The molecule has 2 amide bonds. The van der Waals surface area contributed by atoms with Crippen LogP contribution in [0, 0.1) is 0 Å². The minimum absolute atomic E-state index is 0.156. The number of furan rings is 1. The lowest BCUT2D eigenvalue weighted by Crippen LogP contribution is -2.46. The number of nitrogens with zero attached hydrogens (tertiary/aromatic N) is 1. The number of amides is 2. The van der Waals surface area contributed by atoms with E-state index in [1.54, 1.807) is 17.9 Å². The smallest absolute Gasteiger partial charge is 0.255 e. The SMILES string of the molecule is CCN(Cc1ccc2c(c1)OCO2)C(=O)[C@@H](C)NC(=O)c1ccoc1. The second-order valence-corrected chi connectivity index (χ2v) is 5.75. The third-order valence-electron chi connectivity index (χ3n) is 4.01. The zero-order valence-electron chi connectivity index (χ0n) is 14.2. The molecule has 1 aromatic carbocycles. The van der Waals surface area contributed by atoms with Crippen LogP contribution in [0.3, 0.4) is 0 Å². The van der Waals surface area contributed by atoms with Crippen molar-refractivity contribution in [1.82, 2.24) is 10.2 Å². The number of ether oxygens (including phenoxy) is 2. The third-order valence-corrected chi connectivity index (χ3v) is 4.01. The van der Waals surface area contributed by atoms with E-state index in [1.165, 1.54) is 12.5 Å². The Morgan fingerprint density at radius 1 is 1.24 bits per heavy atom. The van der Waals surface area contributed by atoms with Gasteiger partial charge in [0.2, 0.25) is 12.7 Å². The van der Waals surface area contributed by atoms with Crippen molar-refractivity contribution in [2.75, 3.05) is 13.3 Å². The molecule has 7 nitrogen and oxygen atoms in total. The molecule has 1 aliphatic heterocycles. The van der Waals surface area contributed by atoms with Crippen LogP contribution in [0.2, 0.25) is 0 Å². The van der Waals surface area contributed by atoms with Crippen LogP contribution >= 0.6 is 0 Å². The van der Waals surface area contributed by atoms with Gasteiger partial charge in [0, 0.05) is 13.1 Å². The molecule has 1 aromatic heterocycles. The summed E-state index contributed by atoms with van der Waals surface area (Å²) < 4.78 is 15.5. The number of fused-ring (bicyclic) bond motifs is 1. The van der Waals surface area contributed by atoms with Crippen LogP contribution in [-0.4, -0.2) is 36.1 Å². The number of rotatable bonds is 6. The first kappa shape index (κ1) is 16.9. The van der Waals surface area contributed by atoms with Gasteiger partial charge in [0.25, 0.3) is 5.91 Å². The van der Waals surface area contributed by atoms with Gasteiger partial charge in [-0.1, -0.05) is 6.07 Å². The predicted molar refractivity (Wildman–Crippen MR) is 89.3 cm³/mol. The molecule has 2 aromatic rings. The van der Waals surface area contributed by atoms with Crippen molar-refractivity contribution >= 4 is 11.8 Å². The minimum Gasteiger partial charge on any atom is -0.472 e. The summed E-state index contributed by atoms with van der Waals surface area (Å²) in [4.78, 5) is 26.4. The molecule has 0 spiro atoms. The van der Waals surface area contributed by atoms with Crippen LogP contribution in [0.4, 0.5) is 0 Å². The van der Waals surface area contributed by atoms with Crippen molar-refractivity contribution < 1.29 is 23.5 Å². The first-order valence-corrected chi connectivity index (χ1v) is 8.09. The van der Waals surface area contributed by atoms with Crippen LogP contribution in [0.5, 0.6) is 11.5 Å². The summed E-state index contributed by atoms with van der Waals surface area (Å²) >= 11 is 0. The van der Waals surface area contributed by atoms with Gasteiger partial charge in [0.1, 0.15) is 12.3 Å². The van der Waals surface area contributed by atoms with Crippen molar-refractivity contribution in [3.8, 4) is 11.5 Å². The van der Waals surface area contributed by atoms with Gasteiger partial charge in [-0.25, -0.2) is 0 Å². The first-order chi connectivity index (χ1) is 12.1. The maximum atomic E-state index is 12.6. The van der Waals surface area contributed by atoms with E-state index >= 15 is 0 Å². The average Bonchev–Trinajstić information content (AvgIpc) is 3.29. The van der Waals surface area contributed by atoms with E-state index in [2.05, 4.69) is 5.32 Å². The van der Waals surface area contributed by atoms with Gasteiger partial charge < -0.3 is 24.1 Å². The second kappa shape index (κ2) is 7.29. The Kier molecular flexibility index (Phi) is 4.92. The normalized spacial score (nSPS) is 13.4. The summed E-state index contributed by atoms with van der Waals surface area (Å²) in [5.41, 5.74) is 1.33. The van der Waals surface area contributed by atoms with E-state index in [4.69, 9.17) is 13.9 Å². The van der Waals surface area contributed by atoms with Gasteiger partial charge in [-0.15, -0.1) is 0 Å². The van der Waals surface area contributed by atoms with Gasteiger partial charge in [-0.3, -0.25) is 9.59 Å². The molecule has 1 N–H and O–H groups in total. The lowest BCUT2D eigenvalue weighted by Gasteiger charge is -2.25. The molecule has 132 valence electrons. The van der Waals surface area contributed by atoms with Gasteiger partial charge in [0.05, 0.1) is 11.8 Å². The zero-order valence-corrected chi connectivity index (χ0v) is 14.2. The highest BCUT2D eigenvalue weighted by molar-refractivity contribution is 5.97. The summed E-state index contributed by atoms with van der Waals surface area (Å²) in [6.45, 7) is 4.74. The van der Waals surface area contributed by atoms with E-state index < -0.39 is 6.04 Å². The van der Waals surface area contributed by atoms with Gasteiger partial charge in [-0.2, -0.15) is 0 Å². The fourth-order valence-electron chi connectivity index (χ4n) is 2.61. The number of benzene rings is 1. The molecule has 1 atom stereocenters. The molecule has 7 heteroatoms. The van der Waals surface area contributed by atoms with E-state index in [0.717, 1.165) is 5.56 Å². The van der Waals surface area contributed by atoms with Crippen LogP contribution in [0.15, 0.2) is 41.2 Å². The van der Waals surface area contributed by atoms with Gasteiger partial charge in [-0.05, 0) is 37.6 Å². The molecule has 3 rings (SSSR count). The van der Waals surface area contributed by atoms with Crippen molar-refractivity contribution in [3.63, 3.8) is 0 Å². The van der Waals surface area contributed by atoms with E-state index in [-0.39, 0.29) is 18.6 Å². The van der Waals surface area contributed by atoms with Crippen molar-refractivity contribution in [2.24, 2.45) is 0 Å². The summed E-state index contributed by atoms with van der Waals surface area (Å²) in [6.07, 6.45) is 2.76. The minimum atomic E-state index is -0.642. The number of hydrogen-bond acceptors (Lipinski definition) is 5. The maximum Gasteiger partial charge on any atom is 0.255 e. The van der Waals surface area contributed by atoms with E-state index in [1.807, 2.05) is 25.1 Å². The monoisotopic (exact) mass is 344 g/mol. The summed E-state index contributed by atoms with van der Waals surface area (Å²) in [5.74, 6) is 0.895. The predicted octanol–water partition coefficient (Wildman–Crippen LogP) is 2.18. The largest absolute Gasteiger partial charge is 0.472 e. The van der Waals surface area contributed by atoms with Crippen molar-refractivity contribution in [1.29, 1.82) is 0 Å². The number of carbonyl (C=O) groups excluding carboxylic acids is 2. The molecule has 0 saturated heterocycles. The molecule has 0 saturated carbocycles. The molecule has 0 radical (unpaired) electrons. The maximum absolute atomic E-state index is 12.6. The van der Waals surface area contributed by atoms with E-state index in [9.17, 15) is 9.59 Å². The third kappa shape index (κ3) is 3.76. The highest BCUT2D eigenvalue weighted by atomic mass is 16.7. The second-order valence-electron chi connectivity index (χ2n) is 5.75. The number of hydrogen-bond donors (Lipinski definition) is 1. The summed E-state index contributed by atoms with van der Waals surface area (Å²) in [6, 6.07) is 6.51. The number of carbonyl (C=O) groups is 2. The summed E-state index contributed by atoms with van der Waals surface area (Å²) in [7, 11) is 0. The van der Waals surface area contributed by atoms with E-state index in [0.29, 0.717) is 30.2 Å². The lowest BCUT2D eigenvalue weighted by atomic mass is 10.1. The molecule has 1 aliphatic rings. The van der Waals surface area contributed by atoms with Crippen LogP contribution in [-0.2, 0) is 11.3 Å². The Labute approximate surface area is 145 Å². The average molecular weight is 344 g/mol. The molecule has 0 bridgehead atoms.